The number of carbonyl (C=O) groups is 4. The minimum atomic E-state index is -1.03. The fourth-order valence-electron chi connectivity index (χ4n) is 0.723. The molecular weight excluding hydrogens is 302 g/mol. The molecule has 0 heterocycles. The molecule has 0 aromatic heterocycles. The minimum absolute atomic E-state index is 0.0295. The first-order chi connectivity index (χ1) is 10.7. The van der Waals surface area contributed by atoms with E-state index in [0.717, 1.165) is 0 Å². The van der Waals surface area contributed by atoms with Crippen LogP contribution < -0.4 is 16.4 Å². The highest BCUT2D eigenvalue weighted by atomic mass is 16.4. The molecule has 0 aliphatic rings. The Labute approximate surface area is 136 Å². The first-order valence-electron chi connectivity index (χ1n) is 6.50. The van der Waals surface area contributed by atoms with Crippen LogP contribution in [0.2, 0.25) is 0 Å². The van der Waals surface area contributed by atoms with Crippen molar-refractivity contribution in [2.75, 3.05) is 19.6 Å². The van der Waals surface area contributed by atoms with Gasteiger partial charge in [0.15, 0.2) is 5.78 Å². The van der Waals surface area contributed by atoms with Crippen molar-refractivity contribution in [2.24, 2.45) is 5.73 Å². The summed E-state index contributed by atoms with van der Waals surface area (Å²) in [6, 6.07) is 0. The van der Waals surface area contributed by atoms with Gasteiger partial charge in [-0.2, -0.15) is 0 Å². The zero-order valence-electron chi connectivity index (χ0n) is 13.3. The molecule has 0 atom stereocenters. The fourth-order valence-corrected chi connectivity index (χ4v) is 0.723. The molecule has 5 N–H and O–H groups in total. The maximum atomic E-state index is 10.8. The lowest BCUT2D eigenvalue weighted by Crippen LogP contribution is -2.26. The number of hydrogen-bond donors (Lipinski definition) is 4. The van der Waals surface area contributed by atoms with Crippen LogP contribution in [-0.2, 0) is 19.2 Å². The predicted octanol–water partition coefficient (Wildman–Crippen LogP) is -1.11. The first-order valence-corrected chi connectivity index (χ1v) is 6.50. The van der Waals surface area contributed by atoms with Gasteiger partial charge >= 0.3 is 5.97 Å². The molecule has 0 saturated heterocycles. The number of terminal acetylenes is 2. The van der Waals surface area contributed by atoms with Gasteiger partial charge in [0.25, 0.3) is 0 Å². The molecule has 0 aliphatic carbocycles. The van der Waals surface area contributed by atoms with Gasteiger partial charge in [-0.1, -0.05) is 5.92 Å². The van der Waals surface area contributed by atoms with Crippen molar-refractivity contribution in [1.29, 1.82) is 0 Å². The number of amides is 2. The molecule has 23 heavy (non-hydrogen) atoms. The van der Waals surface area contributed by atoms with Crippen LogP contribution in [0.5, 0.6) is 0 Å². The average Bonchev–Trinajstić information content (AvgIpc) is 2.49. The number of carboxylic acids is 1. The number of rotatable bonds is 6. The van der Waals surface area contributed by atoms with E-state index in [4.69, 9.17) is 17.3 Å². The lowest BCUT2D eigenvalue weighted by molar-refractivity contribution is -0.137. The third-order valence-corrected chi connectivity index (χ3v) is 1.69. The van der Waals surface area contributed by atoms with Crippen LogP contribution in [-0.4, -0.2) is 48.3 Å². The molecule has 0 unspecified atom stereocenters. The summed E-state index contributed by atoms with van der Waals surface area (Å²) in [7, 11) is 0. The Hall–Kier alpha value is -2.84. The van der Waals surface area contributed by atoms with E-state index in [0.29, 0.717) is 19.4 Å². The normalized spacial score (nSPS) is 7.70. The maximum Gasteiger partial charge on any atom is 0.322 e. The third-order valence-electron chi connectivity index (χ3n) is 1.69. The van der Waals surface area contributed by atoms with E-state index < -0.39 is 5.97 Å². The van der Waals surface area contributed by atoms with Gasteiger partial charge in [0, 0.05) is 26.7 Å². The second kappa shape index (κ2) is 19.2. The summed E-state index contributed by atoms with van der Waals surface area (Å²) in [5, 5.41) is 12.5. The fraction of sp³-hybridized carbons (Fsp3) is 0.467. The summed E-state index contributed by atoms with van der Waals surface area (Å²) in [4.78, 5) is 40.8. The monoisotopic (exact) mass is 325 g/mol. The minimum Gasteiger partial charge on any atom is -0.480 e. The molecule has 8 heteroatoms. The number of carbonyl (C=O) groups excluding carboxylic acids is 3. The highest BCUT2D eigenvalue weighted by Gasteiger charge is 2.00. The molecule has 0 rings (SSSR count). The van der Waals surface area contributed by atoms with E-state index in [1.54, 1.807) is 0 Å². The van der Waals surface area contributed by atoms with E-state index in [2.05, 4.69) is 28.9 Å². The van der Waals surface area contributed by atoms with Crippen LogP contribution in [0.3, 0.4) is 0 Å². The zero-order chi connectivity index (χ0) is 18.7. The van der Waals surface area contributed by atoms with Crippen molar-refractivity contribution in [2.45, 2.75) is 26.7 Å². The Morgan fingerprint density at radius 1 is 1.00 bits per heavy atom. The van der Waals surface area contributed by atoms with Crippen molar-refractivity contribution < 1.29 is 24.3 Å². The van der Waals surface area contributed by atoms with Crippen LogP contribution in [0.25, 0.3) is 0 Å². The molecule has 0 spiro atoms. The number of hydrogen-bond acceptors (Lipinski definition) is 5. The topological polar surface area (TPSA) is 139 Å². The summed E-state index contributed by atoms with van der Waals surface area (Å²) in [5.41, 5.74) is 4.79. The van der Waals surface area contributed by atoms with Crippen molar-refractivity contribution in [1.82, 2.24) is 10.6 Å². The molecule has 0 bridgehead atoms. The molecule has 2 amide bonds. The van der Waals surface area contributed by atoms with Crippen molar-refractivity contribution in [3.63, 3.8) is 0 Å². The molecule has 0 saturated carbocycles. The van der Waals surface area contributed by atoms with Crippen molar-refractivity contribution in [3.8, 4) is 24.7 Å². The van der Waals surface area contributed by atoms with Gasteiger partial charge in [0.05, 0.1) is 13.1 Å². The average molecular weight is 325 g/mol. The van der Waals surface area contributed by atoms with E-state index in [1.807, 2.05) is 0 Å². The summed E-state index contributed by atoms with van der Waals surface area (Å²) in [6.07, 6.45) is 10.4. The van der Waals surface area contributed by atoms with Crippen LogP contribution >= 0.6 is 0 Å². The summed E-state index contributed by atoms with van der Waals surface area (Å²) in [6.45, 7) is 2.78. The molecule has 0 aromatic carbocycles. The first kappa shape index (κ1) is 25.1. The summed E-state index contributed by atoms with van der Waals surface area (Å²) < 4.78 is 0. The number of aliphatic carboxylic acids is 1. The van der Waals surface area contributed by atoms with Crippen LogP contribution in [0.1, 0.15) is 26.7 Å². The summed E-state index contributed by atoms with van der Waals surface area (Å²) in [5.74, 6) is 2.98. The molecular formula is C15H23N3O5. The van der Waals surface area contributed by atoms with E-state index in [9.17, 15) is 19.2 Å². The van der Waals surface area contributed by atoms with Gasteiger partial charge in [0.2, 0.25) is 11.8 Å². The van der Waals surface area contributed by atoms with Crippen LogP contribution in [0, 0.1) is 24.7 Å². The Balaban J connectivity index is -0.000000292. The SMILES string of the molecule is C#CCCC(=O)CNC(C)=O.C#CCN.CC(=O)NCC(=O)O. The smallest absolute Gasteiger partial charge is 0.322 e. The Kier molecular flexibility index (Phi) is 20.9. The Morgan fingerprint density at radius 3 is 1.70 bits per heavy atom. The van der Waals surface area contributed by atoms with Gasteiger partial charge in [-0.25, -0.2) is 0 Å². The van der Waals surface area contributed by atoms with Crippen molar-refractivity contribution in [3.05, 3.63) is 0 Å². The number of nitrogens with one attached hydrogen (secondary N) is 2. The number of Topliss-reactive ketones (excluding diaryl/α,β-unsaturated/α-hetero) is 1. The lowest BCUT2D eigenvalue weighted by atomic mass is 10.2. The largest absolute Gasteiger partial charge is 0.480 e. The van der Waals surface area contributed by atoms with E-state index in [-0.39, 0.29) is 30.7 Å². The molecule has 0 radical (unpaired) electrons. The second-order valence-electron chi connectivity index (χ2n) is 3.86. The Morgan fingerprint density at radius 2 is 1.43 bits per heavy atom. The van der Waals surface area contributed by atoms with Gasteiger partial charge in [-0.3, -0.25) is 19.2 Å². The van der Waals surface area contributed by atoms with E-state index in [1.165, 1.54) is 13.8 Å². The lowest BCUT2D eigenvalue weighted by Gasteiger charge is -1.97. The van der Waals surface area contributed by atoms with Gasteiger partial charge in [-0.15, -0.1) is 18.8 Å². The number of ketones is 1. The van der Waals surface area contributed by atoms with Gasteiger partial charge in [0.1, 0.15) is 6.54 Å². The third kappa shape index (κ3) is 38.2. The zero-order valence-corrected chi connectivity index (χ0v) is 13.3. The van der Waals surface area contributed by atoms with Crippen LogP contribution in [0.4, 0.5) is 0 Å². The maximum absolute atomic E-state index is 10.8. The molecule has 128 valence electrons. The highest BCUT2D eigenvalue weighted by molar-refractivity contribution is 5.85. The van der Waals surface area contributed by atoms with Crippen molar-refractivity contribution >= 4 is 23.6 Å². The summed E-state index contributed by atoms with van der Waals surface area (Å²) >= 11 is 0. The molecule has 0 aromatic rings. The highest BCUT2D eigenvalue weighted by Crippen LogP contribution is 1.86. The van der Waals surface area contributed by atoms with Gasteiger partial charge < -0.3 is 21.5 Å². The number of nitrogens with two attached hydrogens (primary N) is 1. The molecule has 8 nitrogen and oxygen atoms in total. The molecule has 0 aliphatic heterocycles. The second-order valence-corrected chi connectivity index (χ2v) is 3.86. The quantitative estimate of drug-likeness (QED) is 0.457. The van der Waals surface area contributed by atoms with Crippen LogP contribution in [0.15, 0.2) is 0 Å². The molecule has 0 fully saturated rings. The Bertz CT molecular complexity index is 447. The predicted molar refractivity (Wildman–Crippen MR) is 86.0 cm³/mol. The standard InChI is InChI=1S/C8H11NO2.C4H7NO3.C3H5N/c1-3-4-5-8(11)6-9-7(2)10;1-3(6)5-2-4(7)8;1-2-3-4/h1H,4-6H2,2H3,(H,9,10);2H2,1H3,(H,5,6)(H,7,8);1H,3-4H2. The number of carboxylic acid groups (broad SMARTS) is 1. The van der Waals surface area contributed by atoms with E-state index >= 15 is 0 Å². The van der Waals surface area contributed by atoms with Gasteiger partial charge in [-0.05, 0) is 0 Å².